The smallest absolute Gasteiger partial charge is 0.238 e. The standard InChI is InChI=1S/C12H19N3O3S/c1-9-8-15(3-2-4-18-9)11-5-10(13)6-12(7-11)19(14,16)17/h5-7,9H,2-4,8,13H2,1H3,(H2,14,16,17). The van der Waals surface area contributed by atoms with Crippen molar-refractivity contribution in [2.45, 2.75) is 24.3 Å². The lowest BCUT2D eigenvalue weighted by molar-refractivity contribution is 0.0821. The van der Waals surface area contributed by atoms with E-state index in [9.17, 15) is 8.42 Å². The SMILES string of the molecule is CC1CN(c2cc(N)cc(S(N)(=O)=O)c2)CCCO1. The number of anilines is 2. The third-order valence-electron chi connectivity index (χ3n) is 3.06. The van der Waals surface area contributed by atoms with Crippen molar-refractivity contribution in [2.24, 2.45) is 5.14 Å². The first-order chi connectivity index (χ1) is 8.86. The van der Waals surface area contributed by atoms with Crippen molar-refractivity contribution in [2.75, 3.05) is 30.3 Å². The topological polar surface area (TPSA) is 98.6 Å². The Morgan fingerprint density at radius 3 is 2.79 bits per heavy atom. The van der Waals surface area contributed by atoms with Gasteiger partial charge in [0.2, 0.25) is 10.0 Å². The van der Waals surface area contributed by atoms with Crippen LogP contribution in [0.2, 0.25) is 0 Å². The Kier molecular flexibility index (Phi) is 3.98. The second-order valence-electron chi connectivity index (χ2n) is 4.79. The lowest BCUT2D eigenvalue weighted by Gasteiger charge is -2.25. The Morgan fingerprint density at radius 1 is 1.37 bits per heavy atom. The van der Waals surface area contributed by atoms with Gasteiger partial charge in [0, 0.05) is 31.1 Å². The minimum absolute atomic E-state index is 0.0420. The van der Waals surface area contributed by atoms with Crippen LogP contribution in [0.25, 0.3) is 0 Å². The second kappa shape index (κ2) is 5.36. The molecular formula is C12H19N3O3S. The highest BCUT2D eigenvalue weighted by molar-refractivity contribution is 7.89. The number of benzene rings is 1. The van der Waals surface area contributed by atoms with E-state index in [0.717, 1.165) is 18.7 Å². The van der Waals surface area contributed by atoms with E-state index < -0.39 is 10.0 Å². The van der Waals surface area contributed by atoms with Crippen molar-refractivity contribution >= 4 is 21.4 Å². The minimum Gasteiger partial charge on any atom is -0.399 e. The van der Waals surface area contributed by atoms with Crippen LogP contribution in [0.3, 0.4) is 0 Å². The molecule has 1 aromatic rings. The number of nitrogen functional groups attached to an aromatic ring is 1. The van der Waals surface area contributed by atoms with Crippen LogP contribution in [0, 0.1) is 0 Å². The molecule has 0 saturated carbocycles. The zero-order valence-electron chi connectivity index (χ0n) is 10.9. The summed E-state index contributed by atoms with van der Waals surface area (Å²) in [7, 11) is -3.75. The molecule has 2 rings (SSSR count). The molecule has 0 aliphatic carbocycles. The molecule has 0 bridgehead atoms. The van der Waals surface area contributed by atoms with Crippen molar-refractivity contribution < 1.29 is 13.2 Å². The molecule has 1 aliphatic rings. The van der Waals surface area contributed by atoms with Crippen LogP contribution in [0.5, 0.6) is 0 Å². The van der Waals surface area contributed by atoms with Gasteiger partial charge in [0.15, 0.2) is 0 Å². The fourth-order valence-electron chi connectivity index (χ4n) is 2.18. The summed E-state index contributed by atoms with van der Waals surface area (Å²) in [6.07, 6.45) is 0.992. The Labute approximate surface area is 113 Å². The Balaban J connectivity index is 2.36. The number of primary sulfonamides is 1. The third kappa shape index (κ3) is 3.59. The third-order valence-corrected chi connectivity index (χ3v) is 3.95. The van der Waals surface area contributed by atoms with E-state index >= 15 is 0 Å². The summed E-state index contributed by atoms with van der Waals surface area (Å²) in [6.45, 7) is 4.21. The summed E-state index contributed by atoms with van der Waals surface area (Å²) >= 11 is 0. The first kappa shape index (κ1) is 14.1. The predicted molar refractivity (Wildman–Crippen MR) is 74.5 cm³/mol. The molecule has 6 nitrogen and oxygen atoms in total. The highest BCUT2D eigenvalue weighted by atomic mass is 32.2. The molecule has 1 unspecified atom stereocenters. The van der Waals surface area contributed by atoms with Gasteiger partial charge in [-0.3, -0.25) is 0 Å². The number of sulfonamides is 1. The van der Waals surface area contributed by atoms with Gasteiger partial charge in [-0.1, -0.05) is 0 Å². The van der Waals surface area contributed by atoms with Crippen LogP contribution in [0.1, 0.15) is 13.3 Å². The van der Waals surface area contributed by atoms with Gasteiger partial charge in [-0.15, -0.1) is 0 Å². The summed E-state index contributed by atoms with van der Waals surface area (Å²) in [5.41, 5.74) is 6.91. The molecule has 1 heterocycles. The number of hydrogen-bond donors (Lipinski definition) is 2. The van der Waals surface area contributed by atoms with Crippen LogP contribution >= 0.6 is 0 Å². The van der Waals surface area contributed by atoms with E-state index in [4.69, 9.17) is 15.6 Å². The first-order valence-electron chi connectivity index (χ1n) is 6.16. The van der Waals surface area contributed by atoms with Crippen LogP contribution in [-0.4, -0.2) is 34.2 Å². The molecular weight excluding hydrogens is 266 g/mol. The van der Waals surface area contributed by atoms with Crippen molar-refractivity contribution in [1.29, 1.82) is 0 Å². The highest BCUT2D eigenvalue weighted by Gasteiger charge is 2.18. The zero-order valence-corrected chi connectivity index (χ0v) is 11.7. The molecule has 1 aromatic carbocycles. The summed E-state index contributed by atoms with van der Waals surface area (Å²) in [5.74, 6) is 0. The van der Waals surface area contributed by atoms with Crippen LogP contribution in [0.4, 0.5) is 11.4 Å². The molecule has 1 aliphatic heterocycles. The van der Waals surface area contributed by atoms with Crippen LogP contribution < -0.4 is 15.8 Å². The molecule has 1 atom stereocenters. The Bertz CT molecular complexity index is 559. The molecule has 0 spiro atoms. The number of hydrogen-bond acceptors (Lipinski definition) is 5. The average Bonchev–Trinajstić information content (AvgIpc) is 2.52. The quantitative estimate of drug-likeness (QED) is 0.772. The number of nitrogens with zero attached hydrogens (tertiary/aromatic N) is 1. The Morgan fingerprint density at radius 2 is 2.11 bits per heavy atom. The van der Waals surface area contributed by atoms with E-state index in [1.807, 2.05) is 6.92 Å². The molecule has 7 heteroatoms. The fourth-order valence-corrected chi connectivity index (χ4v) is 2.77. The molecule has 0 amide bonds. The largest absolute Gasteiger partial charge is 0.399 e. The molecule has 4 N–H and O–H groups in total. The summed E-state index contributed by atoms with van der Waals surface area (Å²) in [4.78, 5) is 2.11. The fraction of sp³-hybridized carbons (Fsp3) is 0.500. The highest BCUT2D eigenvalue weighted by Crippen LogP contribution is 2.24. The molecule has 1 fully saturated rings. The van der Waals surface area contributed by atoms with E-state index in [1.54, 1.807) is 12.1 Å². The van der Waals surface area contributed by atoms with Gasteiger partial charge in [0.1, 0.15) is 0 Å². The van der Waals surface area contributed by atoms with Gasteiger partial charge in [-0.2, -0.15) is 0 Å². The van der Waals surface area contributed by atoms with Crippen molar-refractivity contribution in [3.8, 4) is 0 Å². The summed E-state index contributed by atoms with van der Waals surface area (Å²) < 4.78 is 28.4. The number of ether oxygens (including phenoxy) is 1. The van der Waals surface area contributed by atoms with Crippen molar-refractivity contribution in [3.63, 3.8) is 0 Å². The van der Waals surface area contributed by atoms with Crippen molar-refractivity contribution in [1.82, 2.24) is 0 Å². The van der Waals surface area contributed by atoms with Gasteiger partial charge < -0.3 is 15.4 Å². The predicted octanol–water partition coefficient (Wildman–Crippen LogP) is 0.531. The molecule has 0 aromatic heterocycles. The number of rotatable bonds is 2. The maximum absolute atomic E-state index is 11.4. The van der Waals surface area contributed by atoms with E-state index in [1.165, 1.54) is 6.07 Å². The minimum atomic E-state index is -3.75. The zero-order chi connectivity index (χ0) is 14.0. The normalized spacial score (nSPS) is 21.2. The lowest BCUT2D eigenvalue weighted by Crippen LogP contribution is -2.30. The van der Waals surface area contributed by atoms with Gasteiger partial charge >= 0.3 is 0 Å². The maximum atomic E-state index is 11.4. The molecule has 1 saturated heterocycles. The lowest BCUT2D eigenvalue weighted by atomic mass is 10.2. The summed E-state index contributed by atoms with van der Waals surface area (Å²) in [6, 6.07) is 4.69. The van der Waals surface area contributed by atoms with E-state index in [2.05, 4.69) is 4.90 Å². The van der Waals surface area contributed by atoms with Crippen LogP contribution in [0.15, 0.2) is 23.1 Å². The van der Waals surface area contributed by atoms with Crippen LogP contribution in [-0.2, 0) is 14.8 Å². The molecule has 106 valence electrons. The van der Waals surface area contributed by atoms with Crippen molar-refractivity contribution in [3.05, 3.63) is 18.2 Å². The van der Waals surface area contributed by atoms with E-state index in [0.29, 0.717) is 18.8 Å². The molecule has 0 radical (unpaired) electrons. The van der Waals surface area contributed by atoms with Gasteiger partial charge in [0.05, 0.1) is 11.0 Å². The van der Waals surface area contributed by atoms with E-state index in [-0.39, 0.29) is 11.0 Å². The van der Waals surface area contributed by atoms with Gasteiger partial charge in [-0.25, -0.2) is 13.6 Å². The second-order valence-corrected chi connectivity index (χ2v) is 6.35. The Hall–Kier alpha value is -1.31. The average molecular weight is 285 g/mol. The molecule has 19 heavy (non-hydrogen) atoms. The monoisotopic (exact) mass is 285 g/mol. The maximum Gasteiger partial charge on any atom is 0.238 e. The van der Waals surface area contributed by atoms with Gasteiger partial charge in [0.25, 0.3) is 0 Å². The van der Waals surface area contributed by atoms with Gasteiger partial charge in [-0.05, 0) is 31.5 Å². The summed E-state index contributed by atoms with van der Waals surface area (Å²) in [5, 5.41) is 5.16. The number of nitrogens with two attached hydrogens (primary N) is 2. The first-order valence-corrected chi connectivity index (χ1v) is 7.71.